The largest absolute Gasteiger partial charge is 0.457 e. The molecular weight excluding hydrogens is 300 g/mol. The van der Waals surface area contributed by atoms with Gasteiger partial charge in [0, 0.05) is 12.4 Å². The van der Waals surface area contributed by atoms with Crippen molar-refractivity contribution in [3.05, 3.63) is 77.4 Å². The summed E-state index contributed by atoms with van der Waals surface area (Å²) in [7, 11) is 0. The van der Waals surface area contributed by atoms with Crippen LogP contribution in [0.25, 0.3) is 0 Å². The van der Waals surface area contributed by atoms with Gasteiger partial charge >= 0.3 is 0 Å². The third kappa shape index (κ3) is 3.34. The van der Waals surface area contributed by atoms with Gasteiger partial charge in [-0.3, -0.25) is 0 Å². The molecule has 2 aromatic carbocycles. The Balaban J connectivity index is 2.00. The minimum atomic E-state index is -0.754. The highest BCUT2D eigenvalue weighted by atomic mass is 16.5. The van der Waals surface area contributed by atoms with E-state index in [9.17, 15) is 5.11 Å². The molecule has 0 aliphatic heterocycles. The van der Waals surface area contributed by atoms with Crippen LogP contribution in [0.15, 0.2) is 54.9 Å². The molecule has 3 aromatic rings. The monoisotopic (exact) mass is 322 g/mol. The van der Waals surface area contributed by atoms with Crippen molar-refractivity contribution in [1.29, 1.82) is 0 Å². The molecule has 1 atom stereocenters. The highest BCUT2D eigenvalue weighted by Gasteiger charge is 2.20. The Morgan fingerprint density at radius 3 is 2.25 bits per heavy atom. The molecule has 1 heterocycles. The number of para-hydroxylation sites is 1. The van der Waals surface area contributed by atoms with Crippen molar-refractivity contribution >= 4 is 0 Å². The standard InChI is InChI=1S/C20H22N2O2/c1-3-14-12-17(24-16-8-6-5-7-9-16)13-15(4-2)18(14)19(23)20-21-10-11-22-20/h5-13,19,23H,3-4H2,1-2H3,(H,21,22). The van der Waals surface area contributed by atoms with E-state index in [0.29, 0.717) is 5.82 Å². The predicted octanol–water partition coefficient (Wildman–Crippen LogP) is 4.41. The summed E-state index contributed by atoms with van der Waals surface area (Å²) >= 11 is 0. The Morgan fingerprint density at radius 2 is 1.71 bits per heavy atom. The van der Waals surface area contributed by atoms with Gasteiger partial charge in [0.05, 0.1) is 0 Å². The number of H-pyrrole nitrogens is 1. The number of aromatic nitrogens is 2. The Bertz CT molecular complexity index is 758. The summed E-state index contributed by atoms with van der Waals surface area (Å²) in [6.07, 6.45) is 4.25. The van der Waals surface area contributed by atoms with E-state index in [1.807, 2.05) is 42.5 Å². The first-order valence-corrected chi connectivity index (χ1v) is 8.28. The van der Waals surface area contributed by atoms with E-state index in [2.05, 4.69) is 23.8 Å². The Hall–Kier alpha value is -2.59. The van der Waals surface area contributed by atoms with Crippen molar-refractivity contribution < 1.29 is 9.84 Å². The van der Waals surface area contributed by atoms with Crippen LogP contribution in [-0.4, -0.2) is 15.1 Å². The van der Waals surface area contributed by atoms with Crippen LogP contribution in [0.5, 0.6) is 11.5 Å². The zero-order valence-corrected chi connectivity index (χ0v) is 14.0. The zero-order chi connectivity index (χ0) is 16.9. The number of rotatable bonds is 6. The van der Waals surface area contributed by atoms with Gasteiger partial charge in [-0.2, -0.15) is 0 Å². The Kier molecular flexibility index (Phi) is 4.96. The molecule has 0 aliphatic carbocycles. The molecule has 0 spiro atoms. The number of ether oxygens (including phenoxy) is 1. The third-order valence-electron chi connectivity index (χ3n) is 4.12. The summed E-state index contributed by atoms with van der Waals surface area (Å²) in [5.74, 6) is 2.17. The quantitative estimate of drug-likeness (QED) is 0.707. The van der Waals surface area contributed by atoms with Gasteiger partial charge in [0.25, 0.3) is 0 Å². The molecule has 0 saturated heterocycles. The van der Waals surface area contributed by atoms with Gasteiger partial charge in [-0.25, -0.2) is 4.98 Å². The first-order chi connectivity index (χ1) is 11.7. The maximum Gasteiger partial charge on any atom is 0.139 e. The number of nitrogens with one attached hydrogen (secondary N) is 1. The van der Waals surface area contributed by atoms with Crippen molar-refractivity contribution in [2.24, 2.45) is 0 Å². The summed E-state index contributed by atoms with van der Waals surface area (Å²) in [6, 6.07) is 13.7. The Morgan fingerprint density at radius 1 is 1.04 bits per heavy atom. The molecule has 124 valence electrons. The van der Waals surface area contributed by atoms with E-state index in [4.69, 9.17) is 4.74 Å². The molecule has 3 rings (SSSR count). The molecule has 0 amide bonds. The van der Waals surface area contributed by atoms with Gasteiger partial charge in [-0.15, -0.1) is 0 Å². The van der Waals surface area contributed by atoms with E-state index in [1.54, 1.807) is 12.4 Å². The van der Waals surface area contributed by atoms with Crippen molar-refractivity contribution in [2.45, 2.75) is 32.8 Å². The fraction of sp³-hybridized carbons (Fsp3) is 0.250. The molecule has 4 nitrogen and oxygen atoms in total. The van der Waals surface area contributed by atoms with E-state index in [-0.39, 0.29) is 0 Å². The molecule has 2 N–H and O–H groups in total. The second-order valence-electron chi connectivity index (χ2n) is 5.65. The summed E-state index contributed by atoms with van der Waals surface area (Å²) < 4.78 is 5.98. The van der Waals surface area contributed by atoms with Crippen LogP contribution in [0.4, 0.5) is 0 Å². The Labute approximate surface area is 142 Å². The lowest BCUT2D eigenvalue weighted by Gasteiger charge is -2.19. The number of aryl methyl sites for hydroxylation is 2. The number of aliphatic hydroxyl groups excluding tert-OH is 1. The summed E-state index contributed by atoms with van der Waals surface area (Å²) in [5.41, 5.74) is 3.07. The molecule has 0 bridgehead atoms. The average Bonchev–Trinajstić information content (AvgIpc) is 3.16. The highest BCUT2D eigenvalue weighted by Crippen LogP contribution is 2.33. The van der Waals surface area contributed by atoms with Crippen LogP contribution in [0, 0.1) is 0 Å². The zero-order valence-electron chi connectivity index (χ0n) is 14.0. The minimum Gasteiger partial charge on any atom is -0.457 e. The average molecular weight is 322 g/mol. The molecule has 1 aromatic heterocycles. The van der Waals surface area contributed by atoms with Crippen molar-refractivity contribution in [1.82, 2.24) is 9.97 Å². The molecular formula is C20H22N2O2. The molecule has 0 radical (unpaired) electrons. The number of benzene rings is 2. The maximum absolute atomic E-state index is 10.8. The van der Waals surface area contributed by atoms with Crippen molar-refractivity contribution in [3.63, 3.8) is 0 Å². The van der Waals surface area contributed by atoms with E-state index >= 15 is 0 Å². The lowest BCUT2D eigenvalue weighted by molar-refractivity contribution is 0.208. The van der Waals surface area contributed by atoms with E-state index in [0.717, 1.165) is 41.0 Å². The number of nitrogens with zero attached hydrogens (tertiary/aromatic N) is 1. The first kappa shape index (κ1) is 16.3. The van der Waals surface area contributed by atoms with Crippen molar-refractivity contribution in [2.75, 3.05) is 0 Å². The summed E-state index contributed by atoms with van der Waals surface area (Å²) in [5, 5.41) is 10.8. The van der Waals surface area contributed by atoms with Crippen LogP contribution in [0.1, 0.15) is 42.5 Å². The maximum atomic E-state index is 10.8. The lowest BCUT2D eigenvalue weighted by Crippen LogP contribution is -2.09. The predicted molar refractivity (Wildman–Crippen MR) is 94.4 cm³/mol. The molecule has 0 saturated carbocycles. The lowest BCUT2D eigenvalue weighted by atomic mass is 9.92. The normalized spacial score (nSPS) is 12.1. The number of hydrogen-bond donors (Lipinski definition) is 2. The summed E-state index contributed by atoms with van der Waals surface area (Å²) in [4.78, 5) is 7.20. The van der Waals surface area contributed by atoms with Crippen LogP contribution in [-0.2, 0) is 12.8 Å². The topological polar surface area (TPSA) is 58.1 Å². The molecule has 24 heavy (non-hydrogen) atoms. The molecule has 4 heteroatoms. The smallest absolute Gasteiger partial charge is 0.139 e. The van der Waals surface area contributed by atoms with Crippen LogP contribution in [0.3, 0.4) is 0 Å². The minimum absolute atomic E-state index is 0.566. The van der Waals surface area contributed by atoms with Gasteiger partial charge in [0.1, 0.15) is 23.4 Å². The highest BCUT2D eigenvalue weighted by molar-refractivity contribution is 5.46. The van der Waals surface area contributed by atoms with E-state index in [1.165, 1.54) is 0 Å². The van der Waals surface area contributed by atoms with E-state index < -0.39 is 6.10 Å². The van der Waals surface area contributed by atoms with Crippen molar-refractivity contribution in [3.8, 4) is 11.5 Å². The van der Waals surface area contributed by atoms with Gasteiger partial charge in [-0.05, 0) is 53.8 Å². The second kappa shape index (κ2) is 7.32. The SMILES string of the molecule is CCc1cc(Oc2ccccc2)cc(CC)c1C(O)c1ncc[nH]1. The van der Waals surface area contributed by atoms with Gasteiger partial charge in [0.15, 0.2) is 0 Å². The fourth-order valence-corrected chi connectivity index (χ4v) is 2.93. The third-order valence-corrected chi connectivity index (χ3v) is 4.12. The van der Waals surface area contributed by atoms with Gasteiger partial charge in [0.2, 0.25) is 0 Å². The molecule has 1 unspecified atom stereocenters. The molecule has 0 aliphatic rings. The number of aromatic amines is 1. The number of aliphatic hydroxyl groups is 1. The molecule has 0 fully saturated rings. The van der Waals surface area contributed by atoms with Gasteiger partial charge < -0.3 is 14.8 Å². The van der Waals surface area contributed by atoms with Crippen LogP contribution < -0.4 is 4.74 Å². The van der Waals surface area contributed by atoms with Crippen LogP contribution in [0.2, 0.25) is 0 Å². The van der Waals surface area contributed by atoms with Crippen LogP contribution >= 0.6 is 0 Å². The number of imidazole rings is 1. The fourth-order valence-electron chi connectivity index (χ4n) is 2.93. The first-order valence-electron chi connectivity index (χ1n) is 8.28. The van der Waals surface area contributed by atoms with Gasteiger partial charge in [-0.1, -0.05) is 32.0 Å². The number of hydrogen-bond acceptors (Lipinski definition) is 3. The summed E-state index contributed by atoms with van der Waals surface area (Å²) in [6.45, 7) is 4.17. The second-order valence-corrected chi connectivity index (χ2v) is 5.65.